The van der Waals surface area contributed by atoms with Crippen LogP contribution in [0.15, 0.2) is 30.3 Å². The van der Waals surface area contributed by atoms with Gasteiger partial charge in [0.1, 0.15) is 17.1 Å². The van der Waals surface area contributed by atoms with Crippen molar-refractivity contribution < 1.29 is 19.1 Å². The van der Waals surface area contributed by atoms with Gasteiger partial charge >= 0.3 is 5.97 Å². The van der Waals surface area contributed by atoms with Gasteiger partial charge < -0.3 is 15.4 Å². The lowest BCUT2D eigenvalue weighted by Crippen LogP contribution is -2.40. The molecule has 1 heterocycles. The Labute approximate surface area is 166 Å². The first-order valence-corrected chi connectivity index (χ1v) is 9.68. The van der Waals surface area contributed by atoms with Gasteiger partial charge in [0.2, 0.25) is 0 Å². The highest BCUT2D eigenvalue weighted by Crippen LogP contribution is 2.38. The number of nitrogens with zero attached hydrogens (tertiary/aromatic N) is 1. The van der Waals surface area contributed by atoms with Crippen molar-refractivity contribution in [3.8, 4) is 6.07 Å². The number of nitriles is 1. The number of benzene rings is 1. The van der Waals surface area contributed by atoms with Gasteiger partial charge in [-0.1, -0.05) is 18.2 Å². The number of hydrogen-bond donors (Lipinski definition) is 2. The Bertz CT molecular complexity index is 946. The quantitative estimate of drug-likeness (QED) is 0.728. The molecule has 0 bridgehead atoms. The smallest absolute Gasteiger partial charge is 0.328 e. The number of rotatable bonds is 6. The summed E-state index contributed by atoms with van der Waals surface area (Å²) in [5.74, 6) is -1.64. The number of thiophene rings is 1. The number of carbonyl (C=O) groups is 3. The Morgan fingerprint density at radius 3 is 2.71 bits per heavy atom. The molecule has 1 aromatic carbocycles. The molecule has 1 aliphatic carbocycles. The van der Waals surface area contributed by atoms with Gasteiger partial charge in [-0.15, -0.1) is 11.3 Å². The predicted octanol–water partition coefficient (Wildman–Crippen LogP) is 2.41. The minimum atomic E-state index is -0.902. The second-order valence-electron chi connectivity index (χ2n) is 6.39. The molecule has 0 spiro atoms. The Hall–Kier alpha value is -3.18. The number of hydrogen-bond acceptors (Lipinski definition) is 6. The summed E-state index contributed by atoms with van der Waals surface area (Å²) in [7, 11) is 0. The number of ether oxygens (including phenoxy) is 1. The molecule has 8 heteroatoms. The number of aryl methyl sites for hydroxylation is 1. The Morgan fingerprint density at radius 1 is 1.25 bits per heavy atom. The van der Waals surface area contributed by atoms with Gasteiger partial charge in [0.15, 0.2) is 6.61 Å². The molecule has 0 fully saturated rings. The second-order valence-corrected chi connectivity index (χ2v) is 7.50. The second kappa shape index (κ2) is 8.67. The fourth-order valence-corrected chi connectivity index (χ4v) is 4.22. The molecule has 0 aliphatic heterocycles. The fourth-order valence-electron chi connectivity index (χ4n) is 2.96. The van der Waals surface area contributed by atoms with Crippen molar-refractivity contribution in [1.82, 2.24) is 5.32 Å². The minimum absolute atomic E-state index is 0.402. The van der Waals surface area contributed by atoms with E-state index in [-0.39, 0.29) is 0 Å². The molecule has 2 aromatic rings. The third-order valence-electron chi connectivity index (χ3n) is 4.37. The topological polar surface area (TPSA) is 108 Å². The summed E-state index contributed by atoms with van der Waals surface area (Å²) >= 11 is 1.40. The van der Waals surface area contributed by atoms with Gasteiger partial charge in [0, 0.05) is 10.4 Å². The van der Waals surface area contributed by atoms with Gasteiger partial charge in [0.25, 0.3) is 11.8 Å². The van der Waals surface area contributed by atoms with Crippen molar-refractivity contribution in [1.29, 1.82) is 5.26 Å². The number of anilines is 1. The highest BCUT2D eigenvalue weighted by Gasteiger charge is 2.24. The van der Waals surface area contributed by atoms with Crippen LogP contribution in [-0.2, 0) is 27.2 Å². The van der Waals surface area contributed by atoms with E-state index >= 15 is 0 Å². The van der Waals surface area contributed by atoms with Crippen molar-refractivity contribution in [2.24, 2.45) is 0 Å². The maximum atomic E-state index is 12.1. The summed E-state index contributed by atoms with van der Waals surface area (Å²) < 4.78 is 4.98. The normalized spacial score (nSPS) is 13.1. The average Bonchev–Trinajstić information content (AvgIpc) is 3.27. The van der Waals surface area contributed by atoms with Crippen molar-refractivity contribution in [2.75, 3.05) is 11.9 Å². The first-order chi connectivity index (χ1) is 13.5. The summed E-state index contributed by atoms with van der Waals surface area (Å²) in [5.41, 5.74) is 1.94. The molecule has 28 heavy (non-hydrogen) atoms. The zero-order chi connectivity index (χ0) is 20.1. The molecule has 0 radical (unpaired) electrons. The molecule has 144 valence electrons. The van der Waals surface area contributed by atoms with Gasteiger partial charge in [-0.25, -0.2) is 4.79 Å². The van der Waals surface area contributed by atoms with Crippen LogP contribution < -0.4 is 10.6 Å². The summed E-state index contributed by atoms with van der Waals surface area (Å²) in [6, 6.07) is 9.73. The summed E-state index contributed by atoms with van der Waals surface area (Å²) in [5, 5.41) is 15.0. The van der Waals surface area contributed by atoms with Gasteiger partial charge in [-0.2, -0.15) is 5.26 Å². The molecule has 0 saturated carbocycles. The van der Waals surface area contributed by atoms with Crippen molar-refractivity contribution in [2.45, 2.75) is 32.2 Å². The van der Waals surface area contributed by atoms with Crippen LogP contribution in [0.3, 0.4) is 0 Å². The number of amides is 2. The van der Waals surface area contributed by atoms with Crippen LogP contribution in [0.1, 0.15) is 39.7 Å². The van der Waals surface area contributed by atoms with Gasteiger partial charge in [-0.3, -0.25) is 9.59 Å². The van der Waals surface area contributed by atoms with Crippen LogP contribution in [-0.4, -0.2) is 30.4 Å². The highest BCUT2D eigenvalue weighted by molar-refractivity contribution is 7.16. The number of nitrogens with one attached hydrogen (secondary N) is 2. The highest BCUT2D eigenvalue weighted by atomic mass is 32.1. The molecular formula is C20H19N3O4S. The Kier molecular flexibility index (Phi) is 6.06. The van der Waals surface area contributed by atoms with E-state index in [1.54, 1.807) is 30.3 Å². The lowest BCUT2D eigenvalue weighted by atomic mass is 10.1. The molecule has 1 aromatic heterocycles. The molecule has 0 saturated heterocycles. The monoisotopic (exact) mass is 397 g/mol. The number of esters is 1. The van der Waals surface area contributed by atoms with E-state index in [2.05, 4.69) is 16.7 Å². The van der Waals surface area contributed by atoms with Crippen molar-refractivity contribution >= 4 is 34.1 Å². The standard InChI is InChI=1S/C20H19N3O4S/c1-12(22-18(25)13-6-3-2-4-7-13)20(26)27-11-17(24)23-19-15(10-21)14-8-5-9-16(14)28-19/h2-4,6-7,12H,5,8-9,11H2,1H3,(H,22,25)(H,23,24)/t12-/m0/s1. The van der Waals surface area contributed by atoms with Gasteiger partial charge in [-0.05, 0) is 43.9 Å². The summed E-state index contributed by atoms with van der Waals surface area (Å²) in [6.45, 7) is 0.997. The zero-order valence-electron chi connectivity index (χ0n) is 15.3. The molecule has 7 nitrogen and oxygen atoms in total. The maximum Gasteiger partial charge on any atom is 0.328 e. The molecule has 0 unspecified atom stereocenters. The molecule has 2 amide bonds. The van der Waals surface area contributed by atoms with Crippen LogP contribution in [0.5, 0.6) is 0 Å². The molecular weight excluding hydrogens is 378 g/mol. The summed E-state index contributed by atoms with van der Waals surface area (Å²) in [6.07, 6.45) is 2.78. The molecule has 3 rings (SSSR count). The van der Waals surface area contributed by atoms with Crippen LogP contribution in [0, 0.1) is 11.3 Å². The molecule has 1 aliphatic rings. The summed E-state index contributed by atoms with van der Waals surface area (Å²) in [4.78, 5) is 37.3. The fraction of sp³-hybridized carbons (Fsp3) is 0.300. The number of fused-ring (bicyclic) bond motifs is 1. The van der Waals surface area contributed by atoms with E-state index in [0.717, 1.165) is 29.7 Å². The molecule has 2 N–H and O–H groups in total. The van der Waals surface area contributed by atoms with Crippen LogP contribution in [0.4, 0.5) is 5.00 Å². The van der Waals surface area contributed by atoms with Gasteiger partial charge in [0.05, 0.1) is 5.56 Å². The maximum absolute atomic E-state index is 12.1. The SMILES string of the molecule is C[C@H](NC(=O)c1ccccc1)C(=O)OCC(=O)Nc1sc2c(c1C#N)CCC2. The lowest BCUT2D eigenvalue weighted by molar-refractivity contribution is -0.148. The minimum Gasteiger partial charge on any atom is -0.454 e. The first-order valence-electron chi connectivity index (χ1n) is 8.86. The lowest BCUT2D eigenvalue weighted by Gasteiger charge is -2.13. The third kappa shape index (κ3) is 4.38. The van der Waals surface area contributed by atoms with E-state index in [4.69, 9.17) is 4.74 Å². The largest absolute Gasteiger partial charge is 0.454 e. The van der Waals surface area contributed by atoms with E-state index in [1.807, 2.05) is 0 Å². The third-order valence-corrected chi connectivity index (χ3v) is 5.58. The zero-order valence-corrected chi connectivity index (χ0v) is 16.1. The van der Waals surface area contributed by atoms with E-state index < -0.39 is 30.4 Å². The number of carbonyl (C=O) groups excluding carboxylic acids is 3. The first kappa shape index (κ1) is 19.6. The van der Waals surface area contributed by atoms with Crippen LogP contribution in [0.25, 0.3) is 0 Å². The van der Waals surface area contributed by atoms with E-state index in [1.165, 1.54) is 18.3 Å². The van der Waals surface area contributed by atoms with Crippen molar-refractivity contribution in [3.05, 3.63) is 51.9 Å². The van der Waals surface area contributed by atoms with Crippen LogP contribution in [0.2, 0.25) is 0 Å². The Balaban J connectivity index is 1.50. The van der Waals surface area contributed by atoms with Crippen LogP contribution >= 0.6 is 11.3 Å². The Morgan fingerprint density at radius 2 is 2.00 bits per heavy atom. The molecule has 1 atom stereocenters. The predicted molar refractivity (Wildman–Crippen MR) is 104 cm³/mol. The van der Waals surface area contributed by atoms with E-state index in [9.17, 15) is 19.6 Å². The average molecular weight is 397 g/mol. The van der Waals surface area contributed by atoms with Crippen molar-refractivity contribution in [3.63, 3.8) is 0 Å². The van der Waals surface area contributed by atoms with E-state index in [0.29, 0.717) is 16.1 Å².